The van der Waals surface area contributed by atoms with Gasteiger partial charge in [0.2, 0.25) is 5.91 Å². The number of aryl methyl sites for hydroxylation is 1. The van der Waals surface area contributed by atoms with Gasteiger partial charge in [-0.05, 0) is 36.1 Å². The number of carbonyl (C=O) groups excluding carboxylic acids is 1. The molecule has 1 aliphatic rings. The molecule has 0 aromatic heterocycles. The molecule has 0 unspecified atom stereocenters. The van der Waals surface area contributed by atoms with Crippen LogP contribution in [0.5, 0.6) is 0 Å². The fraction of sp³-hybridized carbons (Fsp3) is 0.300. The molecule has 0 saturated heterocycles. The predicted molar refractivity (Wildman–Crippen MR) is 103 cm³/mol. The van der Waals surface area contributed by atoms with Gasteiger partial charge in [-0.15, -0.1) is 0 Å². The summed E-state index contributed by atoms with van der Waals surface area (Å²) in [6.07, 6.45) is -5.07. The highest BCUT2D eigenvalue weighted by Gasteiger charge is 2.63. The lowest BCUT2D eigenvalue weighted by Crippen LogP contribution is -2.56. The molecule has 3 rings (SSSR count). The van der Waals surface area contributed by atoms with E-state index in [0.717, 1.165) is 10.0 Å². The molecule has 1 N–H and O–H groups in total. The predicted octanol–water partition coefficient (Wildman–Crippen LogP) is 4.66. The van der Waals surface area contributed by atoms with Crippen molar-refractivity contribution in [2.75, 3.05) is 0 Å². The average molecular weight is 455 g/mol. The summed E-state index contributed by atoms with van der Waals surface area (Å²) in [7, 11) is 0. The molecule has 148 valence electrons. The Morgan fingerprint density at radius 2 is 1.79 bits per heavy atom. The van der Waals surface area contributed by atoms with Crippen LogP contribution in [0.15, 0.2) is 64.2 Å². The van der Waals surface area contributed by atoms with Crippen LogP contribution in [-0.2, 0) is 11.2 Å². The van der Waals surface area contributed by atoms with Crippen molar-refractivity contribution >= 4 is 27.5 Å². The summed E-state index contributed by atoms with van der Waals surface area (Å²) >= 11 is 3.26. The Kier molecular flexibility index (Phi) is 5.90. The van der Waals surface area contributed by atoms with Gasteiger partial charge in [0.05, 0.1) is 12.1 Å². The second-order valence-electron chi connectivity index (χ2n) is 6.59. The number of hydrogen-bond donors (Lipinski definition) is 1. The number of hydrogen-bond acceptors (Lipinski definition) is 3. The molecule has 0 fully saturated rings. The zero-order valence-corrected chi connectivity index (χ0v) is 16.4. The minimum Gasteiger partial charge on any atom is -0.362 e. The second kappa shape index (κ2) is 8.05. The van der Waals surface area contributed by atoms with Crippen LogP contribution in [0.25, 0.3) is 0 Å². The zero-order valence-electron chi connectivity index (χ0n) is 14.8. The molecule has 2 aromatic carbocycles. The Morgan fingerprint density at radius 3 is 2.39 bits per heavy atom. The smallest absolute Gasteiger partial charge is 0.362 e. The maximum atomic E-state index is 13.6. The lowest BCUT2D eigenvalue weighted by molar-refractivity contribution is -0.302. The van der Waals surface area contributed by atoms with Gasteiger partial charge >= 0.3 is 6.18 Å². The Hall–Kier alpha value is -2.19. The van der Waals surface area contributed by atoms with Crippen LogP contribution in [0.4, 0.5) is 13.2 Å². The van der Waals surface area contributed by atoms with Crippen molar-refractivity contribution < 1.29 is 23.1 Å². The number of carbonyl (C=O) groups is 1. The monoisotopic (exact) mass is 454 g/mol. The summed E-state index contributed by atoms with van der Waals surface area (Å²) in [6.45, 7) is 0. The highest BCUT2D eigenvalue weighted by atomic mass is 79.9. The van der Waals surface area contributed by atoms with Crippen LogP contribution in [0.1, 0.15) is 30.4 Å². The van der Waals surface area contributed by atoms with Gasteiger partial charge in [0.1, 0.15) is 0 Å². The van der Waals surface area contributed by atoms with Crippen molar-refractivity contribution in [3.63, 3.8) is 0 Å². The lowest BCUT2D eigenvalue weighted by Gasteiger charge is -2.32. The highest BCUT2D eigenvalue weighted by molar-refractivity contribution is 9.10. The van der Waals surface area contributed by atoms with E-state index in [-0.39, 0.29) is 17.1 Å². The number of benzene rings is 2. The van der Waals surface area contributed by atoms with Crippen LogP contribution >= 0.6 is 15.9 Å². The average Bonchev–Trinajstić information content (AvgIpc) is 3.02. The Labute approximate surface area is 168 Å². The number of amides is 1. The van der Waals surface area contributed by atoms with Gasteiger partial charge in [-0.3, -0.25) is 4.79 Å². The van der Waals surface area contributed by atoms with E-state index < -0.39 is 24.2 Å². The van der Waals surface area contributed by atoms with E-state index in [2.05, 4.69) is 21.0 Å². The third kappa shape index (κ3) is 4.28. The Bertz CT molecular complexity index is 869. The lowest BCUT2D eigenvalue weighted by atomic mass is 10.0. The first-order valence-electron chi connectivity index (χ1n) is 8.70. The molecule has 8 heteroatoms. The van der Waals surface area contributed by atoms with Gasteiger partial charge in [-0.25, -0.2) is 0 Å². The zero-order chi connectivity index (χ0) is 20.4. The van der Waals surface area contributed by atoms with Crippen LogP contribution in [-0.4, -0.2) is 33.6 Å². The molecule has 0 bridgehead atoms. The van der Waals surface area contributed by atoms with E-state index in [4.69, 9.17) is 0 Å². The molecule has 1 amide bonds. The summed E-state index contributed by atoms with van der Waals surface area (Å²) in [5.41, 5.74) is -1.91. The Morgan fingerprint density at radius 1 is 1.14 bits per heavy atom. The molecule has 4 nitrogen and oxygen atoms in total. The fourth-order valence-electron chi connectivity index (χ4n) is 3.03. The van der Waals surface area contributed by atoms with E-state index in [1.165, 1.54) is 0 Å². The summed E-state index contributed by atoms with van der Waals surface area (Å²) in [5, 5.41) is 14.4. The van der Waals surface area contributed by atoms with E-state index >= 15 is 0 Å². The quantitative estimate of drug-likeness (QED) is 0.714. The van der Waals surface area contributed by atoms with Crippen molar-refractivity contribution in [2.24, 2.45) is 5.10 Å². The van der Waals surface area contributed by atoms with E-state index in [0.29, 0.717) is 18.4 Å². The van der Waals surface area contributed by atoms with Crippen molar-refractivity contribution in [2.45, 2.75) is 37.6 Å². The molecule has 0 spiro atoms. The number of aliphatic hydroxyl groups is 1. The number of rotatable bonds is 5. The molecule has 0 radical (unpaired) electrons. The van der Waals surface area contributed by atoms with Crippen LogP contribution in [0, 0.1) is 0 Å². The van der Waals surface area contributed by atoms with Crippen molar-refractivity contribution in [1.82, 2.24) is 5.01 Å². The Balaban J connectivity index is 1.77. The molecule has 0 aliphatic carbocycles. The summed E-state index contributed by atoms with van der Waals surface area (Å²) in [4.78, 5) is 12.5. The van der Waals surface area contributed by atoms with Gasteiger partial charge in [0.25, 0.3) is 5.72 Å². The molecule has 28 heavy (non-hydrogen) atoms. The van der Waals surface area contributed by atoms with Crippen LogP contribution < -0.4 is 0 Å². The van der Waals surface area contributed by atoms with Gasteiger partial charge in [0.15, 0.2) is 0 Å². The first-order valence-corrected chi connectivity index (χ1v) is 9.49. The minimum absolute atomic E-state index is 0.0173. The van der Waals surface area contributed by atoms with Gasteiger partial charge in [-0.1, -0.05) is 58.4 Å². The third-order valence-corrected chi connectivity index (χ3v) is 5.08. The SMILES string of the molecule is O=C(CCCc1ccccc1)N1N=C(c2ccc(Br)cc2)C[C@@]1(O)C(F)(F)F. The fourth-order valence-corrected chi connectivity index (χ4v) is 3.29. The van der Waals surface area contributed by atoms with Gasteiger partial charge < -0.3 is 5.11 Å². The van der Waals surface area contributed by atoms with E-state index in [9.17, 15) is 23.1 Å². The highest BCUT2D eigenvalue weighted by Crippen LogP contribution is 2.41. The standard InChI is InChI=1S/C20H18BrF3N2O2/c21-16-11-9-15(10-12-16)17-13-19(28,20(22,23)24)26(25-17)18(27)8-4-7-14-5-2-1-3-6-14/h1-3,5-6,9-12,28H,4,7-8,13H2/t19-/m1/s1. The molecular weight excluding hydrogens is 437 g/mol. The summed E-state index contributed by atoms with van der Waals surface area (Å²) < 4.78 is 41.5. The van der Waals surface area contributed by atoms with Crippen LogP contribution in [0.3, 0.4) is 0 Å². The van der Waals surface area contributed by atoms with Gasteiger partial charge in [-0.2, -0.15) is 23.3 Å². The molecule has 1 aliphatic heterocycles. The van der Waals surface area contributed by atoms with Crippen molar-refractivity contribution in [1.29, 1.82) is 0 Å². The van der Waals surface area contributed by atoms with Crippen molar-refractivity contribution in [3.05, 3.63) is 70.2 Å². The first kappa shape index (κ1) is 20.5. The molecule has 1 heterocycles. The molecule has 1 atom stereocenters. The van der Waals surface area contributed by atoms with Crippen LogP contribution in [0.2, 0.25) is 0 Å². The molecular formula is C20H18BrF3N2O2. The molecule has 0 saturated carbocycles. The van der Waals surface area contributed by atoms with E-state index in [1.807, 2.05) is 30.3 Å². The minimum atomic E-state index is -5.03. The number of halogens is 4. The normalized spacial score (nSPS) is 19.6. The second-order valence-corrected chi connectivity index (χ2v) is 7.51. The number of hydrazone groups is 1. The summed E-state index contributed by atoms with van der Waals surface area (Å²) in [5.74, 6) is -0.858. The van der Waals surface area contributed by atoms with Gasteiger partial charge in [0, 0.05) is 10.9 Å². The maximum absolute atomic E-state index is 13.6. The van der Waals surface area contributed by atoms with Crippen molar-refractivity contribution in [3.8, 4) is 0 Å². The molecule has 2 aromatic rings. The topological polar surface area (TPSA) is 52.9 Å². The summed E-state index contributed by atoms with van der Waals surface area (Å²) in [6, 6.07) is 15.8. The third-order valence-electron chi connectivity index (χ3n) is 4.55. The largest absolute Gasteiger partial charge is 0.438 e. The maximum Gasteiger partial charge on any atom is 0.438 e. The van der Waals surface area contributed by atoms with E-state index in [1.54, 1.807) is 24.3 Å². The number of alkyl halides is 3. The number of nitrogens with zero attached hydrogens (tertiary/aromatic N) is 2. The first-order chi connectivity index (χ1) is 13.2.